The molecule has 0 spiro atoms. The third-order valence-electron chi connectivity index (χ3n) is 3.50. The Bertz CT molecular complexity index is 603. The Morgan fingerprint density at radius 1 is 1.25 bits per heavy atom. The van der Waals surface area contributed by atoms with Crippen LogP contribution < -0.4 is 5.73 Å². The predicted octanol–water partition coefficient (Wildman–Crippen LogP) is 3.58. The first-order chi connectivity index (χ1) is 9.61. The minimum absolute atomic E-state index is 0.625. The van der Waals surface area contributed by atoms with Gasteiger partial charge < -0.3 is 10.3 Å². The summed E-state index contributed by atoms with van der Waals surface area (Å²) in [5.41, 5.74) is 9.73. The van der Waals surface area contributed by atoms with Gasteiger partial charge in [0.25, 0.3) is 0 Å². The Morgan fingerprint density at radius 3 is 2.55 bits per heavy atom. The first kappa shape index (κ1) is 14.2. The fourth-order valence-corrected chi connectivity index (χ4v) is 2.35. The van der Waals surface area contributed by atoms with Gasteiger partial charge in [-0.2, -0.15) is 5.26 Å². The zero-order valence-corrected chi connectivity index (χ0v) is 12.1. The minimum Gasteiger partial charge on any atom is -0.397 e. The third-order valence-corrected chi connectivity index (χ3v) is 3.50. The average molecular weight is 267 g/mol. The monoisotopic (exact) mass is 267 g/mol. The first-order valence-electron chi connectivity index (χ1n) is 7.03. The molecule has 2 N–H and O–H groups in total. The van der Waals surface area contributed by atoms with Gasteiger partial charge in [0.1, 0.15) is 11.8 Å². The van der Waals surface area contributed by atoms with Gasteiger partial charge in [0, 0.05) is 12.2 Å². The smallest absolute Gasteiger partial charge is 0.122 e. The molecule has 0 atom stereocenters. The van der Waals surface area contributed by atoms with E-state index in [0.29, 0.717) is 18.2 Å². The van der Waals surface area contributed by atoms with Gasteiger partial charge in [-0.05, 0) is 30.4 Å². The average Bonchev–Trinajstić information content (AvgIpc) is 2.73. The summed E-state index contributed by atoms with van der Waals surface area (Å²) in [4.78, 5) is 0. The molecule has 0 aliphatic heterocycles. The molecular formula is C17H21N3. The van der Waals surface area contributed by atoms with E-state index in [1.165, 1.54) is 5.56 Å². The standard InChI is InChI=1S/C17H21N3/c1-13(2)8-9-17-16(19)10-15(11-18)20(17)12-14-6-4-3-5-7-14/h3-7,10,13H,8-9,12,19H2,1-2H3. The highest BCUT2D eigenvalue weighted by Crippen LogP contribution is 2.22. The van der Waals surface area contributed by atoms with Crippen LogP contribution in [0.3, 0.4) is 0 Å². The van der Waals surface area contributed by atoms with Crippen LogP contribution in [0.2, 0.25) is 0 Å². The van der Waals surface area contributed by atoms with E-state index in [-0.39, 0.29) is 0 Å². The zero-order chi connectivity index (χ0) is 14.5. The molecular weight excluding hydrogens is 246 g/mol. The number of anilines is 1. The molecule has 3 nitrogen and oxygen atoms in total. The molecule has 104 valence electrons. The Morgan fingerprint density at radius 2 is 1.95 bits per heavy atom. The van der Waals surface area contributed by atoms with E-state index in [4.69, 9.17) is 5.73 Å². The van der Waals surface area contributed by atoms with Gasteiger partial charge in [0.2, 0.25) is 0 Å². The fraction of sp³-hybridized carbons (Fsp3) is 0.353. The molecule has 1 aromatic carbocycles. The normalized spacial score (nSPS) is 10.7. The summed E-state index contributed by atoms with van der Waals surface area (Å²) in [6.45, 7) is 5.10. The van der Waals surface area contributed by atoms with Crippen molar-refractivity contribution in [1.29, 1.82) is 5.26 Å². The molecule has 2 aromatic rings. The molecule has 0 radical (unpaired) electrons. The maximum absolute atomic E-state index is 9.29. The minimum atomic E-state index is 0.625. The lowest BCUT2D eigenvalue weighted by Gasteiger charge is -2.12. The second-order valence-corrected chi connectivity index (χ2v) is 5.55. The van der Waals surface area contributed by atoms with Crippen molar-refractivity contribution in [3.8, 4) is 6.07 Å². The van der Waals surface area contributed by atoms with Gasteiger partial charge in [-0.25, -0.2) is 0 Å². The molecule has 0 aliphatic carbocycles. The fourth-order valence-electron chi connectivity index (χ4n) is 2.35. The summed E-state index contributed by atoms with van der Waals surface area (Å²) in [5, 5.41) is 9.29. The van der Waals surface area contributed by atoms with Gasteiger partial charge in [0.05, 0.1) is 5.69 Å². The van der Waals surface area contributed by atoms with Crippen molar-refractivity contribution in [2.75, 3.05) is 5.73 Å². The van der Waals surface area contributed by atoms with Crippen molar-refractivity contribution in [1.82, 2.24) is 4.57 Å². The summed E-state index contributed by atoms with van der Waals surface area (Å²) in [5.74, 6) is 0.625. The molecule has 0 saturated carbocycles. The molecule has 0 amide bonds. The Hall–Kier alpha value is -2.21. The molecule has 0 aliphatic rings. The van der Waals surface area contributed by atoms with E-state index in [1.807, 2.05) is 22.8 Å². The number of nitriles is 1. The lowest BCUT2D eigenvalue weighted by atomic mass is 10.1. The van der Waals surface area contributed by atoms with E-state index in [0.717, 1.165) is 24.2 Å². The van der Waals surface area contributed by atoms with Gasteiger partial charge in [0.15, 0.2) is 0 Å². The summed E-state index contributed by atoms with van der Waals surface area (Å²) >= 11 is 0. The van der Waals surface area contributed by atoms with Crippen LogP contribution in [0.5, 0.6) is 0 Å². The maximum Gasteiger partial charge on any atom is 0.122 e. The molecule has 1 aromatic heterocycles. The topological polar surface area (TPSA) is 54.7 Å². The number of rotatable bonds is 5. The van der Waals surface area contributed by atoms with Crippen LogP contribution in [-0.4, -0.2) is 4.57 Å². The summed E-state index contributed by atoms with van der Waals surface area (Å²) < 4.78 is 2.05. The molecule has 1 heterocycles. The summed E-state index contributed by atoms with van der Waals surface area (Å²) in [6, 6.07) is 14.2. The lowest BCUT2D eigenvalue weighted by molar-refractivity contribution is 0.568. The zero-order valence-electron chi connectivity index (χ0n) is 12.1. The molecule has 0 saturated heterocycles. The Kier molecular flexibility index (Phi) is 4.47. The quantitative estimate of drug-likeness (QED) is 0.900. The van der Waals surface area contributed by atoms with Crippen molar-refractivity contribution in [2.24, 2.45) is 5.92 Å². The van der Waals surface area contributed by atoms with Crippen LogP contribution >= 0.6 is 0 Å². The molecule has 2 rings (SSSR count). The molecule has 20 heavy (non-hydrogen) atoms. The van der Waals surface area contributed by atoms with Gasteiger partial charge in [-0.3, -0.25) is 0 Å². The number of nitrogen functional groups attached to an aromatic ring is 1. The van der Waals surface area contributed by atoms with E-state index in [9.17, 15) is 5.26 Å². The SMILES string of the molecule is CC(C)CCc1c(N)cc(C#N)n1Cc1ccccc1. The molecule has 0 unspecified atom stereocenters. The molecule has 3 heteroatoms. The summed E-state index contributed by atoms with van der Waals surface area (Å²) in [7, 11) is 0. The number of benzene rings is 1. The predicted molar refractivity (Wildman–Crippen MR) is 82.3 cm³/mol. The number of nitrogens with two attached hydrogens (primary N) is 1. The highest BCUT2D eigenvalue weighted by atomic mass is 15.0. The largest absolute Gasteiger partial charge is 0.397 e. The van der Waals surface area contributed by atoms with Gasteiger partial charge in [-0.1, -0.05) is 44.2 Å². The maximum atomic E-state index is 9.29. The lowest BCUT2D eigenvalue weighted by Crippen LogP contribution is -2.09. The highest BCUT2D eigenvalue weighted by Gasteiger charge is 2.13. The van der Waals surface area contributed by atoms with Crippen LogP contribution in [0, 0.1) is 17.2 Å². The van der Waals surface area contributed by atoms with E-state index < -0.39 is 0 Å². The highest BCUT2D eigenvalue weighted by molar-refractivity contribution is 5.51. The number of aromatic nitrogens is 1. The van der Waals surface area contributed by atoms with Crippen LogP contribution in [-0.2, 0) is 13.0 Å². The van der Waals surface area contributed by atoms with Crippen molar-refractivity contribution in [3.63, 3.8) is 0 Å². The third kappa shape index (κ3) is 3.21. The molecule has 0 fully saturated rings. The van der Waals surface area contributed by atoms with Crippen LogP contribution in [0.1, 0.15) is 37.2 Å². The summed E-state index contributed by atoms with van der Waals surface area (Å²) in [6.07, 6.45) is 1.99. The van der Waals surface area contributed by atoms with E-state index in [1.54, 1.807) is 6.07 Å². The van der Waals surface area contributed by atoms with Crippen molar-refractivity contribution >= 4 is 5.69 Å². The van der Waals surface area contributed by atoms with E-state index >= 15 is 0 Å². The molecule has 0 bridgehead atoms. The second-order valence-electron chi connectivity index (χ2n) is 5.55. The van der Waals surface area contributed by atoms with Crippen molar-refractivity contribution in [2.45, 2.75) is 33.2 Å². The van der Waals surface area contributed by atoms with Crippen molar-refractivity contribution < 1.29 is 0 Å². The first-order valence-corrected chi connectivity index (χ1v) is 7.03. The number of hydrogen-bond donors (Lipinski definition) is 1. The van der Waals surface area contributed by atoms with Crippen LogP contribution in [0.15, 0.2) is 36.4 Å². The Labute approximate surface area is 120 Å². The van der Waals surface area contributed by atoms with Crippen LogP contribution in [0.25, 0.3) is 0 Å². The number of hydrogen-bond acceptors (Lipinski definition) is 2. The van der Waals surface area contributed by atoms with Gasteiger partial charge >= 0.3 is 0 Å². The van der Waals surface area contributed by atoms with Crippen molar-refractivity contribution in [3.05, 3.63) is 53.3 Å². The Balaban J connectivity index is 2.32. The van der Waals surface area contributed by atoms with Gasteiger partial charge in [-0.15, -0.1) is 0 Å². The van der Waals surface area contributed by atoms with E-state index in [2.05, 4.69) is 32.0 Å². The second kappa shape index (κ2) is 6.29. The van der Waals surface area contributed by atoms with Crippen LogP contribution in [0.4, 0.5) is 5.69 Å². The number of nitrogens with zero attached hydrogens (tertiary/aromatic N) is 2.